The number of nitrogens with zero attached hydrogens (tertiary/aromatic N) is 3. The van der Waals surface area contributed by atoms with E-state index in [-0.39, 0.29) is 0 Å². The average molecular weight is 315 g/mol. The van der Waals surface area contributed by atoms with Crippen molar-refractivity contribution in [1.29, 1.82) is 5.26 Å². The zero-order chi connectivity index (χ0) is 16.2. The molecular weight excluding hydrogens is 290 g/mol. The fourth-order valence-corrected chi connectivity index (χ4v) is 3.45. The first kappa shape index (κ1) is 16.2. The molecule has 2 fully saturated rings. The number of pyridine rings is 1. The van der Waals surface area contributed by atoms with Gasteiger partial charge in [0.1, 0.15) is 6.07 Å². The number of aromatic nitrogens is 1. The molecule has 2 saturated heterocycles. The van der Waals surface area contributed by atoms with Crippen LogP contribution >= 0.6 is 0 Å². The number of aryl methyl sites for hydroxylation is 2. The van der Waals surface area contributed by atoms with Crippen LogP contribution in [0.15, 0.2) is 6.07 Å². The van der Waals surface area contributed by atoms with E-state index in [0.29, 0.717) is 17.6 Å². The van der Waals surface area contributed by atoms with Gasteiger partial charge in [-0.15, -0.1) is 0 Å². The van der Waals surface area contributed by atoms with Crippen LogP contribution in [0.1, 0.15) is 36.2 Å². The highest BCUT2D eigenvalue weighted by Gasteiger charge is 2.24. The van der Waals surface area contributed by atoms with Crippen LogP contribution in [0, 0.1) is 31.1 Å². The van der Waals surface area contributed by atoms with Crippen molar-refractivity contribution < 1.29 is 9.47 Å². The van der Waals surface area contributed by atoms with Crippen LogP contribution in [0.25, 0.3) is 0 Å². The molecule has 3 rings (SSSR count). The zero-order valence-corrected chi connectivity index (χ0v) is 14.0. The van der Waals surface area contributed by atoms with Crippen LogP contribution in [0.4, 0.5) is 5.69 Å². The molecule has 2 aliphatic heterocycles. The van der Waals surface area contributed by atoms with Gasteiger partial charge in [-0.05, 0) is 39.2 Å². The Kier molecular flexibility index (Phi) is 5.14. The van der Waals surface area contributed by atoms with E-state index in [2.05, 4.69) is 16.0 Å². The Balaban J connectivity index is 1.57. The molecule has 0 N–H and O–H groups in total. The molecule has 5 nitrogen and oxygen atoms in total. The van der Waals surface area contributed by atoms with Gasteiger partial charge in [-0.3, -0.25) is 4.98 Å². The van der Waals surface area contributed by atoms with Crippen molar-refractivity contribution in [1.82, 2.24) is 4.98 Å². The Morgan fingerprint density at radius 3 is 2.78 bits per heavy atom. The lowest BCUT2D eigenvalue weighted by molar-refractivity contribution is 0.0131. The molecule has 1 atom stereocenters. The van der Waals surface area contributed by atoms with Crippen LogP contribution in [0.2, 0.25) is 0 Å². The molecule has 124 valence electrons. The summed E-state index contributed by atoms with van der Waals surface area (Å²) >= 11 is 0. The van der Waals surface area contributed by atoms with Crippen molar-refractivity contribution in [3.05, 3.63) is 23.0 Å². The quantitative estimate of drug-likeness (QED) is 0.855. The summed E-state index contributed by atoms with van der Waals surface area (Å²) in [6.07, 6.45) is 3.49. The molecule has 1 unspecified atom stereocenters. The van der Waals surface area contributed by atoms with Crippen molar-refractivity contribution >= 4 is 5.69 Å². The maximum Gasteiger partial charge on any atom is 0.103 e. The van der Waals surface area contributed by atoms with Gasteiger partial charge in [-0.1, -0.05) is 0 Å². The van der Waals surface area contributed by atoms with E-state index in [0.717, 1.165) is 69.2 Å². The lowest BCUT2D eigenvalue weighted by atomic mass is 10.0. The van der Waals surface area contributed by atoms with E-state index in [9.17, 15) is 5.26 Å². The molecule has 0 spiro atoms. The van der Waals surface area contributed by atoms with Gasteiger partial charge in [0.2, 0.25) is 0 Å². The number of anilines is 1. The Labute approximate surface area is 138 Å². The van der Waals surface area contributed by atoms with Crippen molar-refractivity contribution in [2.45, 2.75) is 39.2 Å². The highest BCUT2D eigenvalue weighted by Crippen LogP contribution is 2.27. The fraction of sp³-hybridized carbons (Fsp3) is 0.667. The Morgan fingerprint density at radius 1 is 1.35 bits per heavy atom. The summed E-state index contributed by atoms with van der Waals surface area (Å²) in [5.41, 5.74) is 3.52. The summed E-state index contributed by atoms with van der Waals surface area (Å²) in [7, 11) is 0. The summed E-state index contributed by atoms with van der Waals surface area (Å²) < 4.78 is 11.5. The van der Waals surface area contributed by atoms with Gasteiger partial charge in [-0.25, -0.2) is 0 Å². The molecule has 1 aromatic rings. The van der Waals surface area contributed by atoms with Crippen molar-refractivity contribution in [3.63, 3.8) is 0 Å². The largest absolute Gasteiger partial charge is 0.381 e. The summed E-state index contributed by atoms with van der Waals surface area (Å²) in [6, 6.07) is 4.34. The highest BCUT2D eigenvalue weighted by atomic mass is 16.5. The average Bonchev–Trinajstić information content (AvgIpc) is 3.06. The SMILES string of the molecule is Cc1cc(N2CCC(OCC3CCOC3)CC2)c(C#N)c(C)n1. The van der Waals surface area contributed by atoms with Crippen LogP contribution in [-0.4, -0.2) is 44.0 Å². The number of rotatable bonds is 4. The molecule has 0 radical (unpaired) electrons. The molecule has 0 bridgehead atoms. The Morgan fingerprint density at radius 2 is 2.13 bits per heavy atom. The number of hydrogen-bond donors (Lipinski definition) is 0. The molecule has 0 aromatic carbocycles. The molecule has 23 heavy (non-hydrogen) atoms. The molecular formula is C18H25N3O2. The van der Waals surface area contributed by atoms with E-state index in [1.165, 1.54) is 0 Å². The lowest BCUT2D eigenvalue weighted by Crippen LogP contribution is -2.38. The van der Waals surface area contributed by atoms with E-state index in [1.54, 1.807) is 0 Å². The van der Waals surface area contributed by atoms with Gasteiger partial charge >= 0.3 is 0 Å². The van der Waals surface area contributed by atoms with Gasteiger partial charge in [0, 0.05) is 31.3 Å². The minimum atomic E-state index is 0.335. The van der Waals surface area contributed by atoms with Crippen LogP contribution in [0.5, 0.6) is 0 Å². The van der Waals surface area contributed by atoms with Gasteiger partial charge in [0.15, 0.2) is 0 Å². The number of ether oxygens (including phenoxy) is 2. The van der Waals surface area contributed by atoms with Crippen LogP contribution < -0.4 is 4.90 Å². The van der Waals surface area contributed by atoms with Crippen molar-refractivity contribution in [2.24, 2.45) is 5.92 Å². The monoisotopic (exact) mass is 315 g/mol. The van der Waals surface area contributed by atoms with Crippen molar-refractivity contribution in [3.8, 4) is 6.07 Å². The predicted molar refractivity (Wildman–Crippen MR) is 88.5 cm³/mol. The molecule has 3 heterocycles. The van der Waals surface area contributed by atoms with E-state index in [1.807, 2.05) is 19.9 Å². The van der Waals surface area contributed by atoms with Crippen LogP contribution in [0.3, 0.4) is 0 Å². The third-order valence-electron chi connectivity index (χ3n) is 4.79. The second kappa shape index (κ2) is 7.29. The predicted octanol–water partition coefficient (Wildman–Crippen LogP) is 2.59. The molecule has 1 aromatic heterocycles. The molecule has 0 amide bonds. The van der Waals surface area contributed by atoms with E-state index < -0.39 is 0 Å². The molecule has 0 aliphatic carbocycles. The maximum atomic E-state index is 9.43. The molecule has 2 aliphatic rings. The highest BCUT2D eigenvalue weighted by molar-refractivity contribution is 5.61. The zero-order valence-electron chi connectivity index (χ0n) is 14.0. The second-order valence-corrected chi connectivity index (χ2v) is 6.60. The second-order valence-electron chi connectivity index (χ2n) is 6.60. The van der Waals surface area contributed by atoms with Crippen molar-refractivity contribution in [2.75, 3.05) is 37.8 Å². The van der Waals surface area contributed by atoms with Crippen LogP contribution in [-0.2, 0) is 9.47 Å². The minimum absolute atomic E-state index is 0.335. The molecule has 5 heteroatoms. The van der Waals surface area contributed by atoms with E-state index in [4.69, 9.17) is 9.47 Å². The minimum Gasteiger partial charge on any atom is -0.381 e. The first-order chi connectivity index (χ1) is 11.2. The Hall–Kier alpha value is -1.64. The first-order valence-electron chi connectivity index (χ1n) is 8.50. The van der Waals surface area contributed by atoms with E-state index >= 15 is 0 Å². The smallest absolute Gasteiger partial charge is 0.103 e. The number of hydrogen-bond acceptors (Lipinski definition) is 5. The Bertz CT molecular complexity index is 583. The molecule has 0 saturated carbocycles. The van der Waals surface area contributed by atoms with Gasteiger partial charge < -0.3 is 14.4 Å². The summed E-state index contributed by atoms with van der Waals surface area (Å²) in [5.74, 6) is 0.573. The lowest BCUT2D eigenvalue weighted by Gasteiger charge is -2.34. The topological polar surface area (TPSA) is 58.4 Å². The number of nitriles is 1. The summed E-state index contributed by atoms with van der Waals surface area (Å²) in [5, 5.41) is 9.43. The normalized spacial score (nSPS) is 22.3. The third kappa shape index (κ3) is 3.82. The van der Waals surface area contributed by atoms with Gasteiger partial charge in [-0.2, -0.15) is 5.26 Å². The standard InChI is InChI=1S/C18H25N3O2/c1-13-9-18(17(10-19)14(2)20-13)21-6-3-16(4-7-21)23-12-15-5-8-22-11-15/h9,15-16H,3-8,11-12H2,1-2H3. The summed E-state index contributed by atoms with van der Waals surface area (Å²) in [4.78, 5) is 6.71. The van der Waals surface area contributed by atoms with Gasteiger partial charge in [0.05, 0.1) is 36.3 Å². The summed E-state index contributed by atoms with van der Waals surface area (Å²) in [6.45, 7) is 8.31. The van der Waals surface area contributed by atoms with Gasteiger partial charge in [0.25, 0.3) is 0 Å². The first-order valence-corrected chi connectivity index (χ1v) is 8.50. The maximum absolute atomic E-state index is 9.43. The number of piperidine rings is 1. The third-order valence-corrected chi connectivity index (χ3v) is 4.79. The fourth-order valence-electron chi connectivity index (χ4n) is 3.45.